The van der Waals surface area contributed by atoms with Crippen LogP contribution in [0.1, 0.15) is 27.2 Å². The normalized spacial score (nSPS) is 10.2. The fourth-order valence-electron chi connectivity index (χ4n) is 0.0589. The third-order valence-corrected chi connectivity index (χ3v) is 5.44. The van der Waals surface area contributed by atoms with Gasteiger partial charge in [-0.05, 0) is 5.04 Å². The van der Waals surface area contributed by atoms with Crippen molar-refractivity contribution in [2.24, 2.45) is 0 Å². The van der Waals surface area contributed by atoms with Crippen LogP contribution in [-0.2, 0) is 5.11 Å². The molecule has 0 saturated carbocycles. The summed E-state index contributed by atoms with van der Waals surface area (Å²) in [4.78, 5) is 0. The fraction of sp³-hybridized carbons (Fsp3) is 0.800. The lowest BCUT2D eigenvalue weighted by molar-refractivity contribution is 0.201. The van der Waals surface area contributed by atoms with Gasteiger partial charge in [0.15, 0.2) is 0 Å². The molecule has 1 radical (unpaired) electrons. The molecule has 0 bridgehead atoms. The van der Waals surface area contributed by atoms with E-state index in [-0.39, 0.29) is 15.4 Å². The molecular weight excluding hydrogens is 164 g/mol. The van der Waals surface area contributed by atoms with Crippen molar-refractivity contribution >= 4 is 8.80 Å². The van der Waals surface area contributed by atoms with Gasteiger partial charge in [0.1, 0.15) is 0 Å². The second-order valence-electron chi connectivity index (χ2n) is 4.18. The van der Waals surface area contributed by atoms with E-state index < -0.39 is 0 Å². The Labute approximate surface area is 78.8 Å². The summed E-state index contributed by atoms with van der Waals surface area (Å²) in [5, 5.41) is 10.0. The van der Waals surface area contributed by atoms with E-state index in [9.17, 15) is 5.11 Å². The van der Waals surface area contributed by atoms with Crippen LogP contribution in [0.15, 0.2) is 0 Å². The summed E-state index contributed by atoms with van der Waals surface area (Å²) in [6.45, 7) is 11.6. The molecule has 0 heterocycles. The van der Waals surface area contributed by atoms with Gasteiger partial charge in [0.05, 0.1) is 6.61 Å². The van der Waals surface area contributed by atoms with Crippen LogP contribution in [0.2, 0.25) is 18.1 Å². The van der Waals surface area contributed by atoms with Crippen LogP contribution in [0.3, 0.4) is 0 Å². The Morgan fingerprint density at radius 1 is 1.33 bits per heavy atom. The third kappa shape index (κ3) is 12.4. The molecule has 0 aliphatic carbocycles. The predicted molar refractivity (Wildman–Crippen MR) is 57.6 cm³/mol. The van der Waals surface area contributed by atoms with E-state index in [0.29, 0.717) is 11.5 Å². The molecule has 12 heavy (non-hydrogen) atoms. The van der Waals surface area contributed by atoms with E-state index in [1.54, 1.807) is 0 Å². The Morgan fingerprint density at radius 3 is 1.67 bits per heavy atom. The molecule has 0 fully saturated rings. The molecule has 1 nitrogen and oxygen atoms in total. The van der Waals surface area contributed by atoms with Crippen molar-refractivity contribution in [2.75, 3.05) is 6.61 Å². The number of hydrogen-bond acceptors (Lipinski definition) is 0. The van der Waals surface area contributed by atoms with Gasteiger partial charge < -0.3 is 0 Å². The van der Waals surface area contributed by atoms with Crippen molar-refractivity contribution < 1.29 is 5.11 Å². The van der Waals surface area contributed by atoms with E-state index >= 15 is 0 Å². The second-order valence-corrected chi connectivity index (χ2v) is 8.22. The molecule has 0 amide bonds. The van der Waals surface area contributed by atoms with Crippen molar-refractivity contribution in [1.82, 2.24) is 0 Å². The highest BCUT2D eigenvalue weighted by Gasteiger charge is 2.15. The summed E-state index contributed by atoms with van der Waals surface area (Å²) in [7, 11) is -0.359. The summed E-state index contributed by atoms with van der Waals surface area (Å²) < 4.78 is 0. The number of rotatable bonds is 1. The molecule has 0 aliphatic heterocycles. The van der Waals surface area contributed by atoms with E-state index in [2.05, 4.69) is 46.2 Å². The highest BCUT2D eigenvalue weighted by Crippen LogP contribution is 2.25. The van der Waals surface area contributed by atoms with E-state index in [1.165, 1.54) is 0 Å². The lowest BCUT2D eigenvalue weighted by atomic mass is 10.2. The van der Waals surface area contributed by atoms with Crippen LogP contribution in [-0.4, -0.2) is 15.4 Å². The maximum Gasteiger partial charge on any atom is 0.0931 e. The van der Waals surface area contributed by atoms with Crippen molar-refractivity contribution in [2.45, 2.75) is 45.3 Å². The van der Waals surface area contributed by atoms with E-state index in [0.717, 1.165) is 0 Å². The maximum absolute atomic E-state index is 9.39. The van der Waals surface area contributed by atoms with E-state index in [4.69, 9.17) is 0 Å². The first-order valence-electron chi connectivity index (χ1n) is 4.37. The first-order valence-corrected chi connectivity index (χ1v) is 7.26. The van der Waals surface area contributed by atoms with Crippen LogP contribution >= 0.6 is 0 Å². The quantitative estimate of drug-likeness (QED) is 0.442. The highest BCUT2D eigenvalue weighted by molar-refractivity contribution is 6.59. The SMILES string of the molecule is C#CCC[O].C[SiH](C)C(C)(C)C. The summed E-state index contributed by atoms with van der Waals surface area (Å²) >= 11 is 0. The molecule has 0 aliphatic rings. The van der Waals surface area contributed by atoms with Crippen molar-refractivity contribution in [3.8, 4) is 12.3 Å². The molecule has 0 aromatic carbocycles. The standard InChI is InChI=1S/C6H16Si.C4H5O/c1-6(2,3)7(4)5;1-2-3-4-5/h7H,1-5H3;1H,3-4H2. The summed E-state index contributed by atoms with van der Waals surface area (Å²) in [6, 6.07) is 0. The zero-order valence-corrected chi connectivity index (χ0v) is 10.1. The molecule has 2 heteroatoms. The second kappa shape index (κ2) is 7.39. The Kier molecular flexibility index (Phi) is 8.79. The zero-order valence-electron chi connectivity index (χ0n) is 8.98. The fourth-order valence-corrected chi connectivity index (χ4v) is 0.0589. The van der Waals surface area contributed by atoms with Crippen molar-refractivity contribution in [1.29, 1.82) is 0 Å². The van der Waals surface area contributed by atoms with Crippen LogP contribution in [0.4, 0.5) is 0 Å². The summed E-state index contributed by atoms with van der Waals surface area (Å²) in [6.07, 6.45) is 5.05. The van der Waals surface area contributed by atoms with Gasteiger partial charge in [-0.2, -0.15) is 0 Å². The molecule has 0 spiro atoms. The number of hydrogen-bond donors (Lipinski definition) is 0. The Hall–Kier alpha value is -0.263. The van der Waals surface area contributed by atoms with Gasteiger partial charge in [-0.3, -0.25) is 0 Å². The van der Waals surface area contributed by atoms with Crippen LogP contribution in [0.25, 0.3) is 0 Å². The Balaban J connectivity index is 0. The largest absolute Gasteiger partial charge is 0.236 e. The van der Waals surface area contributed by atoms with Crippen LogP contribution in [0, 0.1) is 12.3 Å². The first-order chi connectivity index (χ1) is 5.36. The minimum absolute atomic E-state index is 0.142. The van der Waals surface area contributed by atoms with Gasteiger partial charge in [0, 0.05) is 15.2 Å². The van der Waals surface area contributed by atoms with Gasteiger partial charge >= 0.3 is 0 Å². The van der Waals surface area contributed by atoms with Gasteiger partial charge in [-0.15, -0.1) is 12.3 Å². The van der Waals surface area contributed by atoms with Crippen molar-refractivity contribution in [3.05, 3.63) is 0 Å². The molecule has 0 saturated heterocycles. The monoisotopic (exact) mass is 185 g/mol. The molecule has 0 aromatic rings. The molecule has 0 atom stereocenters. The van der Waals surface area contributed by atoms with E-state index in [1.807, 2.05) is 0 Å². The molecular formula is C10H21OSi. The zero-order chi connectivity index (χ0) is 10.2. The van der Waals surface area contributed by atoms with Gasteiger partial charge in [-0.25, -0.2) is 5.11 Å². The maximum atomic E-state index is 9.39. The van der Waals surface area contributed by atoms with Crippen molar-refractivity contribution in [3.63, 3.8) is 0 Å². The minimum atomic E-state index is -0.359. The summed E-state index contributed by atoms with van der Waals surface area (Å²) in [5.74, 6) is 2.20. The first kappa shape index (κ1) is 14.3. The van der Waals surface area contributed by atoms with Gasteiger partial charge in [0.2, 0.25) is 0 Å². The molecule has 71 valence electrons. The number of terminal acetylenes is 1. The average Bonchev–Trinajstić information content (AvgIpc) is 1.88. The van der Waals surface area contributed by atoms with Crippen LogP contribution in [0.5, 0.6) is 0 Å². The predicted octanol–water partition coefficient (Wildman–Crippen LogP) is 2.71. The minimum Gasteiger partial charge on any atom is -0.236 e. The topological polar surface area (TPSA) is 19.9 Å². The molecule has 0 aromatic heterocycles. The molecule has 0 N–H and O–H groups in total. The lowest BCUT2D eigenvalue weighted by Crippen LogP contribution is -2.16. The van der Waals surface area contributed by atoms with Gasteiger partial charge in [-0.1, -0.05) is 33.9 Å². The molecule has 0 rings (SSSR count). The summed E-state index contributed by atoms with van der Waals surface area (Å²) in [5.41, 5.74) is 0. The third-order valence-electron chi connectivity index (χ3n) is 1.98. The van der Waals surface area contributed by atoms with Crippen LogP contribution < -0.4 is 0 Å². The average molecular weight is 185 g/mol. The Morgan fingerprint density at radius 2 is 1.67 bits per heavy atom. The molecule has 0 unspecified atom stereocenters. The smallest absolute Gasteiger partial charge is 0.0931 e. The Bertz CT molecular complexity index is 128. The highest BCUT2D eigenvalue weighted by atomic mass is 28.3. The van der Waals surface area contributed by atoms with Gasteiger partial charge in [0.25, 0.3) is 0 Å². The lowest BCUT2D eigenvalue weighted by Gasteiger charge is -2.21.